The Morgan fingerprint density at radius 3 is 2.29 bits per heavy atom. The standard InChI is InChI=1S/C23H40N4O11/c1-5-6-9-36-22(34)14(7-8-16(24)30)27-20(32)11(2)25-21(33)12(3)37-19-17(26-13(4)29)23(35)38-15(10-28)18(19)31/h11-12,14-15,17-19,23,28,31,35H,5-10H2,1-4H3,(H2,24,30)(H,25,33)(H,26,29)(H,27,32)/t11-,12+,14+,15-,17-,18-,19-,23-/m1/s1. The lowest BCUT2D eigenvalue weighted by molar-refractivity contribution is -0.266. The molecule has 0 radical (unpaired) electrons. The molecule has 0 saturated carbocycles. The van der Waals surface area contributed by atoms with E-state index >= 15 is 0 Å². The van der Waals surface area contributed by atoms with Crippen LogP contribution in [0.5, 0.6) is 0 Å². The number of aliphatic hydroxyl groups excluding tert-OH is 3. The van der Waals surface area contributed by atoms with E-state index in [1.165, 1.54) is 20.8 Å². The van der Waals surface area contributed by atoms with Crippen LogP contribution in [0.3, 0.4) is 0 Å². The van der Waals surface area contributed by atoms with Gasteiger partial charge in [0.1, 0.15) is 42.5 Å². The van der Waals surface area contributed by atoms with Gasteiger partial charge < -0.3 is 51.2 Å². The largest absolute Gasteiger partial charge is 0.464 e. The van der Waals surface area contributed by atoms with Crippen LogP contribution in [0, 0.1) is 0 Å². The zero-order chi connectivity index (χ0) is 29.0. The van der Waals surface area contributed by atoms with Crippen molar-refractivity contribution in [3.63, 3.8) is 0 Å². The van der Waals surface area contributed by atoms with Crippen molar-refractivity contribution in [1.29, 1.82) is 0 Å². The fourth-order valence-electron chi connectivity index (χ4n) is 3.58. The summed E-state index contributed by atoms with van der Waals surface area (Å²) >= 11 is 0. The van der Waals surface area contributed by atoms with E-state index in [1.807, 2.05) is 6.92 Å². The third kappa shape index (κ3) is 10.5. The molecule has 1 saturated heterocycles. The maximum Gasteiger partial charge on any atom is 0.328 e. The number of ether oxygens (including phenoxy) is 3. The number of nitrogens with two attached hydrogens (primary N) is 1. The molecule has 15 nitrogen and oxygen atoms in total. The zero-order valence-electron chi connectivity index (χ0n) is 22.0. The Morgan fingerprint density at radius 2 is 1.74 bits per heavy atom. The number of carbonyl (C=O) groups is 5. The first kappa shape index (κ1) is 33.2. The molecule has 0 aliphatic carbocycles. The lowest BCUT2D eigenvalue weighted by Gasteiger charge is -2.43. The highest BCUT2D eigenvalue weighted by molar-refractivity contribution is 5.91. The van der Waals surface area contributed by atoms with Gasteiger partial charge in [-0.25, -0.2) is 4.79 Å². The SMILES string of the molecule is CCCCOC(=O)[C@H](CCC(N)=O)NC(=O)[C@@H](C)NC(=O)[C@H](C)O[C@H]1[C@H](O)[C@@H](CO)O[C@@H](O)[C@@H]1NC(C)=O. The van der Waals surface area contributed by atoms with Gasteiger partial charge in [-0.1, -0.05) is 13.3 Å². The third-order valence-corrected chi connectivity index (χ3v) is 5.75. The van der Waals surface area contributed by atoms with E-state index in [9.17, 15) is 39.3 Å². The Kier molecular flexibility index (Phi) is 14.1. The summed E-state index contributed by atoms with van der Waals surface area (Å²) in [7, 11) is 0. The molecule has 0 aromatic rings. The van der Waals surface area contributed by atoms with Gasteiger partial charge in [0, 0.05) is 13.3 Å². The normalized spacial score (nSPS) is 25.4. The van der Waals surface area contributed by atoms with Gasteiger partial charge in [0.2, 0.25) is 23.6 Å². The van der Waals surface area contributed by atoms with E-state index in [0.29, 0.717) is 6.42 Å². The summed E-state index contributed by atoms with van der Waals surface area (Å²) in [6, 6.07) is -3.58. The molecule has 0 aromatic carbocycles. The van der Waals surface area contributed by atoms with Crippen LogP contribution in [-0.4, -0.2) is 107 Å². The summed E-state index contributed by atoms with van der Waals surface area (Å²) in [5.41, 5.74) is 5.15. The summed E-state index contributed by atoms with van der Waals surface area (Å²) in [6.07, 6.45) is -5.90. The summed E-state index contributed by atoms with van der Waals surface area (Å²) < 4.78 is 15.8. The van der Waals surface area contributed by atoms with Crippen LogP contribution in [0.1, 0.15) is 53.4 Å². The molecular weight excluding hydrogens is 508 g/mol. The van der Waals surface area contributed by atoms with Gasteiger partial charge in [-0.2, -0.15) is 0 Å². The Morgan fingerprint density at radius 1 is 1.08 bits per heavy atom. The van der Waals surface area contributed by atoms with E-state index in [1.54, 1.807) is 0 Å². The predicted octanol–water partition coefficient (Wildman–Crippen LogP) is -3.07. The van der Waals surface area contributed by atoms with Crippen molar-refractivity contribution in [2.45, 2.75) is 102 Å². The van der Waals surface area contributed by atoms with Gasteiger partial charge in [-0.05, 0) is 26.7 Å². The molecule has 0 unspecified atom stereocenters. The lowest BCUT2D eigenvalue weighted by Crippen LogP contribution is -2.65. The van der Waals surface area contributed by atoms with E-state index in [2.05, 4.69) is 16.0 Å². The van der Waals surface area contributed by atoms with Crippen molar-refractivity contribution in [2.75, 3.05) is 13.2 Å². The molecule has 38 heavy (non-hydrogen) atoms. The van der Waals surface area contributed by atoms with Crippen molar-refractivity contribution in [2.24, 2.45) is 5.73 Å². The maximum absolute atomic E-state index is 12.7. The zero-order valence-corrected chi connectivity index (χ0v) is 22.0. The minimum absolute atomic E-state index is 0.0905. The average Bonchev–Trinajstić information content (AvgIpc) is 2.85. The van der Waals surface area contributed by atoms with Gasteiger partial charge in [0.05, 0.1) is 13.2 Å². The smallest absolute Gasteiger partial charge is 0.328 e. The van der Waals surface area contributed by atoms with E-state index in [0.717, 1.165) is 6.42 Å². The first-order valence-electron chi connectivity index (χ1n) is 12.4. The van der Waals surface area contributed by atoms with Crippen LogP contribution in [0.2, 0.25) is 0 Å². The number of carbonyl (C=O) groups excluding carboxylic acids is 5. The Labute approximate surface area is 220 Å². The lowest BCUT2D eigenvalue weighted by atomic mass is 9.96. The van der Waals surface area contributed by atoms with Crippen LogP contribution >= 0.6 is 0 Å². The number of amides is 4. The number of rotatable bonds is 15. The van der Waals surface area contributed by atoms with Gasteiger partial charge in [-0.3, -0.25) is 19.2 Å². The molecule has 15 heteroatoms. The minimum Gasteiger partial charge on any atom is -0.464 e. The molecular formula is C23H40N4O11. The summed E-state index contributed by atoms with van der Waals surface area (Å²) in [5, 5.41) is 37.3. The highest BCUT2D eigenvalue weighted by Crippen LogP contribution is 2.23. The molecule has 1 aliphatic heterocycles. The number of hydrogen-bond donors (Lipinski definition) is 7. The molecule has 0 bridgehead atoms. The highest BCUT2D eigenvalue weighted by Gasteiger charge is 2.47. The Balaban J connectivity index is 2.83. The number of nitrogens with one attached hydrogen (secondary N) is 3. The van der Waals surface area contributed by atoms with Crippen LogP contribution in [0.15, 0.2) is 0 Å². The van der Waals surface area contributed by atoms with Crippen molar-refractivity contribution < 1.29 is 53.5 Å². The van der Waals surface area contributed by atoms with Gasteiger partial charge in [0.15, 0.2) is 6.29 Å². The summed E-state index contributed by atoms with van der Waals surface area (Å²) in [4.78, 5) is 60.5. The van der Waals surface area contributed by atoms with Crippen LogP contribution in [-0.2, 0) is 38.2 Å². The van der Waals surface area contributed by atoms with E-state index in [4.69, 9.17) is 19.9 Å². The first-order chi connectivity index (χ1) is 17.8. The molecule has 0 aromatic heterocycles. The molecule has 1 heterocycles. The second-order valence-electron chi connectivity index (χ2n) is 9.02. The van der Waals surface area contributed by atoms with Crippen molar-refractivity contribution in [3.05, 3.63) is 0 Å². The maximum atomic E-state index is 12.7. The highest BCUT2D eigenvalue weighted by atomic mass is 16.6. The Bertz CT molecular complexity index is 827. The second kappa shape index (κ2) is 16.2. The fourth-order valence-corrected chi connectivity index (χ4v) is 3.58. The first-order valence-corrected chi connectivity index (χ1v) is 12.4. The summed E-state index contributed by atoms with van der Waals surface area (Å²) in [6.45, 7) is 5.21. The molecule has 1 rings (SSSR count). The molecule has 218 valence electrons. The predicted molar refractivity (Wildman–Crippen MR) is 130 cm³/mol. The monoisotopic (exact) mass is 548 g/mol. The van der Waals surface area contributed by atoms with Gasteiger partial charge >= 0.3 is 5.97 Å². The second-order valence-corrected chi connectivity index (χ2v) is 9.02. The topological polar surface area (TPSA) is 236 Å². The number of esters is 1. The Hall–Kier alpha value is -2.85. The molecule has 1 aliphatic rings. The molecule has 8 N–H and O–H groups in total. The quantitative estimate of drug-likeness (QED) is 0.0801. The fraction of sp³-hybridized carbons (Fsp3) is 0.783. The van der Waals surface area contributed by atoms with Crippen molar-refractivity contribution in [3.8, 4) is 0 Å². The number of primary amides is 1. The number of unbranched alkanes of at least 4 members (excludes halogenated alkanes) is 1. The molecule has 1 fully saturated rings. The number of hydrogen-bond acceptors (Lipinski definition) is 11. The molecule has 0 spiro atoms. The van der Waals surface area contributed by atoms with Crippen LogP contribution in [0.25, 0.3) is 0 Å². The van der Waals surface area contributed by atoms with E-state index in [-0.39, 0.29) is 19.4 Å². The van der Waals surface area contributed by atoms with E-state index < -0.39 is 85.0 Å². The summed E-state index contributed by atoms with van der Waals surface area (Å²) in [5.74, 6) is -3.51. The van der Waals surface area contributed by atoms with Gasteiger partial charge in [-0.15, -0.1) is 0 Å². The van der Waals surface area contributed by atoms with Crippen molar-refractivity contribution >= 4 is 29.6 Å². The molecule has 4 amide bonds. The van der Waals surface area contributed by atoms with Crippen LogP contribution < -0.4 is 21.7 Å². The molecule has 8 atom stereocenters. The van der Waals surface area contributed by atoms with Crippen molar-refractivity contribution in [1.82, 2.24) is 16.0 Å². The van der Waals surface area contributed by atoms with Crippen LogP contribution in [0.4, 0.5) is 0 Å². The third-order valence-electron chi connectivity index (χ3n) is 5.75. The number of aliphatic hydroxyl groups is 3. The average molecular weight is 549 g/mol. The van der Waals surface area contributed by atoms with Gasteiger partial charge in [0.25, 0.3) is 0 Å². The minimum atomic E-state index is -1.64.